The summed E-state index contributed by atoms with van der Waals surface area (Å²) in [5.74, 6) is -5.57. The van der Waals surface area contributed by atoms with E-state index in [1.807, 2.05) is 6.92 Å². The molecule has 0 aliphatic heterocycles. The van der Waals surface area contributed by atoms with Gasteiger partial charge in [0.2, 0.25) is 0 Å². The maximum Gasteiger partial charge on any atom is 0.255 e. The Hall–Kier alpha value is -2.10. The fourth-order valence-corrected chi connectivity index (χ4v) is 7.74. The second-order valence-electron chi connectivity index (χ2n) is 9.23. The van der Waals surface area contributed by atoms with Gasteiger partial charge in [0.1, 0.15) is 0 Å². The minimum absolute atomic E-state index is 0.0526. The summed E-state index contributed by atoms with van der Waals surface area (Å²) in [5, 5.41) is 12.2. The number of carbonyl (C=O) groups excluding carboxylic acids is 1. The van der Waals surface area contributed by atoms with Crippen LogP contribution in [-0.4, -0.2) is 30.3 Å². The van der Waals surface area contributed by atoms with Gasteiger partial charge in [-0.25, -0.2) is 21.6 Å². The van der Waals surface area contributed by atoms with Gasteiger partial charge in [0.25, 0.3) is 5.91 Å². The zero-order chi connectivity index (χ0) is 24.3. The average molecular weight is 502 g/mol. The van der Waals surface area contributed by atoms with Crippen molar-refractivity contribution in [2.75, 3.05) is 5.32 Å². The number of nitrogens with one attached hydrogen (secondary N) is 1. The van der Waals surface area contributed by atoms with Gasteiger partial charge < -0.3 is 10.4 Å². The normalized spacial score (nSPS) is 29.2. The number of fused-ring (bicyclic) bond motifs is 2. The fourth-order valence-electron chi connectivity index (χ4n) is 5.36. The van der Waals surface area contributed by atoms with Gasteiger partial charge >= 0.3 is 0 Å². The number of aliphatic hydroxyl groups is 1. The SMILES string of the molecule is C[C@H]1CC2CC(S(=O)(=O)c3cc(C(=O)Nc4cc(F)c(F)c(F)c4)ccc3Cl)CC1[C@]2(C)O. The maximum absolute atomic E-state index is 13.5. The van der Waals surface area contributed by atoms with Gasteiger partial charge in [-0.15, -0.1) is 0 Å². The highest BCUT2D eigenvalue weighted by Crippen LogP contribution is 2.54. The molecule has 4 rings (SSSR count). The van der Waals surface area contributed by atoms with E-state index in [0.29, 0.717) is 12.1 Å². The summed E-state index contributed by atoms with van der Waals surface area (Å²) in [6.07, 6.45) is 1.32. The molecule has 2 aromatic rings. The Balaban J connectivity index is 1.61. The first-order valence-corrected chi connectivity index (χ1v) is 12.5. The van der Waals surface area contributed by atoms with E-state index < -0.39 is 44.0 Å². The molecule has 0 aromatic heterocycles. The highest BCUT2D eigenvalue weighted by molar-refractivity contribution is 7.92. The van der Waals surface area contributed by atoms with Crippen molar-refractivity contribution < 1.29 is 31.5 Å². The first kappa shape index (κ1) is 24.0. The molecule has 5 atom stereocenters. The zero-order valence-corrected chi connectivity index (χ0v) is 19.5. The second-order valence-corrected chi connectivity index (χ2v) is 11.8. The van der Waals surface area contributed by atoms with Crippen LogP contribution >= 0.6 is 11.6 Å². The maximum atomic E-state index is 13.5. The topological polar surface area (TPSA) is 83.5 Å². The van der Waals surface area contributed by atoms with Crippen LogP contribution in [0.3, 0.4) is 0 Å². The lowest BCUT2D eigenvalue weighted by Crippen LogP contribution is -2.46. The summed E-state index contributed by atoms with van der Waals surface area (Å²) >= 11 is 6.20. The molecule has 1 amide bonds. The third kappa shape index (κ3) is 4.15. The van der Waals surface area contributed by atoms with Crippen molar-refractivity contribution in [3.63, 3.8) is 0 Å². The van der Waals surface area contributed by atoms with Crippen molar-refractivity contribution in [3.05, 3.63) is 58.4 Å². The minimum Gasteiger partial charge on any atom is -0.390 e. The number of amides is 1. The molecular formula is C23H23ClF3NO4S. The van der Waals surface area contributed by atoms with Crippen LogP contribution in [-0.2, 0) is 9.84 Å². The summed E-state index contributed by atoms with van der Waals surface area (Å²) in [7, 11) is -3.93. The molecule has 2 fully saturated rings. The van der Waals surface area contributed by atoms with Crippen LogP contribution in [0.25, 0.3) is 0 Å². The van der Waals surface area contributed by atoms with Gasteiger partial charge in [-0.05, 0) is 62.1 Å². The van der Waals surface area contributed by atoms with E-state index in [9.17, 15) is 31.5 Å². The first-order chi connectivity index (χ1) is 15.3. The van der Waals surface area contributed by atoms with E-state index >= 15 is 0 Å². The molecule has 0 saturated heterocycles. The van der Waals surface area contributed by atoms with Crippen LogP contribution in [0.1, 0.15) is 43.5 Å². The molecule has 2 aliphatic carbocycles. The summed E-state index contributed by atoms with van der Waals surface area (Å²) in [6.45, 7) is 3.76. The van der Waals surface area contributed by atoms with E-state index in [4.69, 9.17) is 11.6 Å². The molecule has 5 nitrogen and oxygen atoms in total. The summed E-state index contributed by atoms with van der Waals surface area (Å²) < 4.78 is 67.0. The predicted octanol–water partition coefficient (Wildman–Crippen LogP) is 4.97. The Morgan fingerprint density at radius 2 is 1.76 bits per heavy atom. The molecule has 0 radical (unpaired) electrons. The largest absolute Gasteiger partial charge is 0.390 e. The molecule has 2 N–H and O–H groups in total. The van der Waals surface area contributed by atoms with Gasteiger partial charge in [0.15, 0.2) is 27.3 Å². The van der Waals surface area contributed by atoms with Crippen LogP contribution in [0.2, 0.25) is 5.02 Å². The lowest BCUT2D eigenvalue weighted by Gasteiger charge is -2.40. The standard InChI is InChI=1S/C23H23ClF3NO4S/c1-11-5-13-7-15(10-16(11)23(13,2)30)33(31,32)20-6-12(3-4-17(20)24)22(29)28-14-8-18(25)21(27)19(26)9-14/h3-4,6,8-9,11,13,15-16,30H,5,7,10H2,1-2H3,(H,28,29)/t11-,13?,15?,16?,23+/m0/s1. The molecular weight excluding hydrogens is 479 g/mol. The highest BCUT2D eigenvalue weighted by Gasteiger charge is 2.56. The molecule has 10 heteroatoms. The second kappa shape index (κ2) is 8.29. The zero-order valence-electron chi connectivity index (χ0n) is 17.9. The van der Waals surface area contributed by atoms with Crippen molar-refractivity contribution in [1.82, 2.24) is 0 Å². The number of halogens is 4. The van der Waals surface area contributed by atoms with Gasteiger partial charge in [-0.1, -0.05) is 18.5 Å². The number of benzene rings is 2. The lowest BCUT2D eigenvalue weighted by atomic mass is 9.74. The lowest BCUT2D eigenvalue weighted by molar-refractivity contribution is -0.0466. The Bertz CT molecular complexity index is 1210. The van der Waals surface area contributed by atoms with Gasteiger partial charge in [-0.2, -0.15) is 0 Å². The Morgan fingerprint density at radius 1 is 1.12 bits per heavy atom. The quantitative estimate of drug-likeness (QED) is 0.579. The van der Waals surface area contributed by atoms with Crippen molar-refractivity contribution in [2.24, 2.45) is 17.8 Å². The molecule has 2 aromatic carbocycles. The van der Waals surface area contributed by atoms with Gasteiger partial charge in [0, 0.05) is 23.4 Å². The van der Waals surface area contributed by atoms with Crippen LogP contribution < -0.4 is 5.32 Å². The van der Waals surface area contributed by atoms with E-state index in [1.54, 1.807) is 6.92 Å². The van der Waals surface area contributed by atoms with Crippen molar-refractivity contribution in [3.8, 4) is 0 Å². The first-order valence-electron chi connectivity index (χ1n) is 10.5. The highest BCUT2D eigenvalue weighted by atomic mass is 35.5. The smallest absolute Gasteiger partial charge is 0.255 e. The molecule has 0 heterocycles. The van der Waals surface area contributed by atoms with E-state index in [0.717, 1.165) is 12.5 Å². The Kier molecular flexibility index (Phi) is 6.04. The number of rotatable bonds is 4. The summed E-state index contributed by atoms with van der Waals surface area (Å²) in [6, 6.07) is 4.92. The van der Waals surface area contributed by atoms with Crippen molar-refractivity contribution in [1.29, 1.82) is 0 Å². The number of carbonyl (C=O) groups is 1. The molecule has 33 heavy (non-hydrogen) atoms. The predicted molar refractivity (Wildman–Crippen MR) is 117 cm³/mol. The van der Waals surface area contributed by atoms with E-state index in [2.05, 4.69) is 5.32 Å². The van der Waals surface area contributed by atoms with Gasteiger partial charge in [-0.3, -0.25) is 4.79 Å². The molecule has 2 saturated carbocycles. The number of hydrogen-bond acceptors (Lipinski definition) is 4. The molecule has 0 spiro atoms. The third-order valence-electron chi connectivity index (χ3n) is 7.17. The molecule has 178 valence electrons. The monoisotopic (exact) mass is 501 g/mol. The number of sulfone groups is 1. The van der Waals surface area contributed by atoms with Crippen LogP contribution in [0.4, 0.5) is 18.9 Å². The molecule has 2 bridgehead atoms. The minimum atomic E-state index is -3.93. The summed E-state index contributed by atoms with van der Waals surface area (Å²) in [5.41, 5.74) is -1.34. The van der Waals surface area contributed by atoms with E-state index in [-0.39, 0.29) is 51.8 Å². The molecule has 2 aliphatic rings. The summed E-state index contributed by atoms with van der Waals surface area (Å²) in [4.78, 5) is 12.4. The van der Waals surface area contributed by atoms with E-state index in [1.165, 1.54) is 12.1 Å². The Labute approximate surface area is 194 Å². The Morgan fingerprint density at radius 3 is 2.36 bits per heavy atom. The molecule has 3 unspecified atom stereocenters. The number of hydrogen-bond donors (Lipinski definition) is 2. The van der Waals surface area contributed by atoms with Crippen LogP contribution in [0.5, 0.6) is 0 Å². The van der Waals surface area contributed by atoms with Crippen molar-refractivity contribution >= 4 is 33.0 Å². The average Bonchev–Trinajstić information content (AvgIpc) is 2.85. The van der Waals surface area contributed by atoms with Gasteiger partial charge in [0.05, 0.1) is 20.8 Å². The van der Waals surface area contributed by atoms with Crippen LogP contribution in [0.15, 0.2) is 35.2 Å². The number of anilines is 1. The van der Waals surface area contributed by atoms with Crippen LogP contribution in [0, 0.1) is 35.2 Å². The fraction of sp³-hybridized carbons (Fsp3) is 0.435. The van der Waals surface area contributed by atoms with Crippen molar-refractivity contribution in [2.45, 2.75) is 48.9 Å². The third-order valence-corrected chi connectivity index (χ3v) is 9.82.